The van der Waals surface area contributed by atoms with Crippen LogP contribution < -0.4 is 0 Å². The van der Waals surface area contributed by atoms with E-state index in [1.165, 1.54) is 0 Å². The zero-order chi connectivity index (χ0) is 24.2. The molecule has 2 aromatic carbocycles. The highest BCUT2D eigenvalue weighted by molar-refractivity contribution is 7.98. The number of benzene rings is 2. The molecule has 2 aromatic heterocycles. The summed E-state index contributed by atoms with van der Waals surface area (Å²) in [5.41, 5.74) is 3.67. The van der Waals surface area contributed by atoms with Crippen LogP contribution >= 0.6 is 11.8 Å². The Morgan fingerprint density at radius 1 is 0.971 bits per heavy atom. The van der Waals surface area contributed by atoms with Crippen LogP contribution in [0, 0.1) is 13.8 Å². The van der Waals surface area contributed by atoms with Gasteiger partial charge in [0.2, 0.25) is 11.7 Å². The van der Waals surface area contributed by atoms with Gasteiger partial charge in [-0.05, 0) is 31.5 Å². The fourth-order valence-corrected chi connectivity index (χ4v) is 5.04. The monoisotopic (exact) mass is 489 g/mol. The molecule has 1 aliphatic rings. The summed E-state index contributed by atoms with van der Waals surface area (Å²) in [7, 11) is 0. The maximum absolute atomic E-state index is 13.3. The van der Waals surface area contributed by atoms with Gasteiger partial charge in [-0.15, -0.1) is 11.8 Å². The van der Waals surface area contributed by atoms with E-state index in [-0.39, 0.29) is 5.91 Å². The van der Waals surface area contributed by atoms with Crippen LogP contribution in [0.5, 0.6) is 0 Å². The zero-order valence-corrected chi connectivity index (χ0v) is 20.6. The van der Waals surface area contributed by atoms with Crippen molar-refractivity contribution in [2.45, 2.75) is 31.0 Å². The molecule has 35 heavy (non-hydrogen) atoms. The van der Waals surface area contributed by atoms with Gasteiger partial charge in [-0.2, -0.15) is 4.98 Å². The van der Waals surface area contributed by atoms with Crippen molar-refractivity contribution in [1.29, 1.82) is 0 Å². The minimum Gasteiger partial charge on any atom is -0.360 e. The van der Waals surface area contributed by atoms with Crippen molar-refractivity contribution in [1.82, 2.24) is 25.1 Å². The average Bonchev–Trinajstić information content (AvgIpc) is 3.52. The van der Waals surface area contributed by atoms with Crippen LogP contribution in [-0.2, 0) is 12.3 Å². The van der Waals surface area contributed by atoms with E-state index in [1.54, 1.807) is 11.8 Å². The molecule has 0 atom stereocenters. The van der Waals surface area contributed by atoms with E-state index >= 15 is 0 Å². The van der Waals surface area contributed by atoms with E-state index in [2.05, 4.69) is 20.2 Å². The lowest BCUT2D eigenvalue weighted by Crippen LogP contribution is -2.48. The number of aromatic nitrogens is 3. The first-order valence-electron chi connectivity index (χ1n) is 11.6. The first-order chi connectivity index (χ1) is 17.1. The molecule has 1 saturated heterocycles. The second-order valence-electron chi connectivity index (χ2n) is 8.61. The summed E-state index contributed by atoms with van der Waals surface area (Å²) in [5, 5.41) is 8.09. The van der Waals surface area contributed by atoms with Gasteiger partial charge in [0.15, 0.2) is 0 Å². The lowest BCUT2D eigenvalue weighted by Gasteiger charge is -2.34. The third-order valence-electron chi connectivity index (χ3n) is 6.04. The summed E-state index contributed by atoms with van der Waals surface area (Å²) in [6, 6.07) is 17.7. The number of thioether (sulfide) groups is 1. The minimum absolute atomic E-state index is 0.0566. The average molecular weight is 490 g/mol. The van der Waals surface area contributed by atoms with Crippen molar-refractivity contribution in [3.05, 3.63) is 83.1 Å². The Morgan fingerprint density at radius 2 is 1.74 bits per heavy atom. The van der Waals surface area contributed by atoms with Crippen LogP contribution in [0.4, 0.5) is 0 Å². The largest absolute Gasteiger partial charge is 0.360 e. The van der Waals surface area contributed by atoms with E-state index in [0.29, 0.717) is 37.1 Å². The number of aryl methyl sites for hydroxylation is 2. The van der Waals surface area contributed by atoms with Crippen molar-refractivity contribution in [2.24, 2.45) is 0 Å². The zero-order valence-electron chi connectivity index (χ0n) is 19.8. The molecular weight excluding hydrogens is 462 g/mol. The molecule has 1 aliphatic heterocycles. The van der Waals surface area contributed by atoms with E-state index in [4.69, 9.17) is 9.05 Å². The highest BCUT2D eigenvalue weighted by atomic mass is 32.2. The minimum atomic E-state index is 0.0566. The molecule has 0 N–H and O–H groups in total. The molecule has 5 rings (SSSR count). The molecule has 0 unspecified atom stereocenters. The molecule has 0 aliphatic carbocycles. The highest BCUT2D eigenvalue weighted by Gasteiger charge is 2.25. The predicted molar refractivity (Wildman–Crippen MR) is 133 cm³/mol. The Balaban J connectivity index is 1.17. The summed E-state index contributed by atoms with van der Waals surface area (Å²) in [6.45, 7) is 7.31. The third-order valence-corrected chi connectivity index (χ3v) is 7.13. The van der Waals surface area contributed by atoms with Crippen molar-refractivity contribution in [2.75, 3.05) is 26.2 Å². The van der Waals surface area contributed by atoms with Crippen molar-refractivity contribution in [3.8, 4) is 11.4 Å². The molecule has 0 radical (unpaired) electrons. The number of hydrogen-bond donors (Lipinski definition) is 0. The van der Waals surface area contributed by atoms with E-state index in [0.717, 1.165) is 46.1 Å². The number of amides is 1. The van der Waals surface area contributed by atoms with Gasteiger partial charge in [0.25, 0.3) is 5.91 Å². The number of nitrogens with zero attached hydrogens (tertiary/aromatic N) is 5. The number of piperazine rings is 1. The first kappa shape index (κ1) is 23.3. The van der Waals surface area contributed by atoms with Gasteiger partial charge >= 0.3 is 0 Å². The smallest absolute Gasteiger partial charge is 0.255 e. The third kappa shape index (κ3) is 5.47. The fourth-order valence-electron chi connectivity index (χ4n) is 4.13. The molecule has 0 bridgehead atoms. The molecular formula is C26H27N5O3S. The SMILES string of the molecule is Cc1cc(CSc2ccccc2C(=O)N2CCN(Cc3nc(-c4ccccc4C)no3)CC2)on1. The van der Waals surface area contributed by atoms with Gasteiger partial charge in [0.1, 0.15) is 5.76 Å². The van der Waals surface area contributed by atoms with Gasteiger partial charge in [0, 0.05) is 42.7 Å². The molecule has 4 aromatic rings. The van der Waals surface area contributed by atoms with Crippen LogP contribution in [-0.4, -0.2) is 57.2 Å². The lowest BCUT2D eigenvalue weighted by molar-refractivity contribution is 0.0611. The van der Waals surface area contributed by atoms with E-state index in [1.807, 2.05) is 73.3 Å². The normalized spacial score (nSPS) is 14.4. The van der Waals surface area contributed by atoms with Crippen molar-refractivity contribution < 1.29 is 13.8 Å². The fraction of sp³-hybridized carbons (Fsp3) is 0.308. The van der Waals surface area contributed by atoms with Crippen LogP contribution in [0.1, 0.15) is 33.3 Å². The maximum atomic E-state index is 13.3. The molecule has 180 valence electrons. The molecule has 0 spiro atoms. The molecule has 1 fully saturated rings. The number of rotatable bonds is 7. The Bertz CT molecular complexity index is 1310. The second kappa shape index (κ2) is 10.5. The Kier molecular flexibility index (Phi) is 6.96. The molecule has 0 saturated carbocycles. The van der Waals surface area contributed by atoms with Gasteiger partial charge in [-0.3, -0.25) is 9.69 Å². The standard InChI is InChI=1S/C26H27N5O3S/c1-18-7-3-4-8-21(18)25-27-24(34-29-25)16-30-11-13-31(14-12-30)26(32)22-9-5-6-10-23(22)35-17-20-15-19(2)28-33-20/h3-10,15H,11-14,16-17H2,1-2H3. The molecule has 9 heteroatoms. The second-order valence-corrected chi connectivity index (χ2v) is 9.63. The number of carbonyl (C=O) groups is 1. The van der Waals surface area contributed by atoms with Gasteiger partial charge in [0.05, 0.1) is 23.6 Å². The summed E-state index contributed by atoms with van der Waals surface area (Å²) >= 11 is 1.59. The van der Waals surface area contributed by atoms with Crippen LogP contribution in [0.25, 0.3) is 11.4 Å². The highest BCUT2D eigenvalue weighted by Crippen LogP contribution is 2.28. The topological polar surface area (TPSA) is 88.5 Å². The first-order valence-corrected chi connectivity index (χ1v) is 12.6. The Labute approximate surface area is 208 Å². The summed E-state index contributed by atoms with van der Waals surface area (Å²) in [6.07, 6.45) is 0. The van der Waals surface area contributed by atoms with Crippen molar-refractivity contribution in [3.63, 3.8) is 0 Å². The van der Waals surface area contributed by atoms with E-state index in [9.17, 15) is 4.79 Å². The van der Waals surface area contributed by atoms with Gasteiger partial charge < -0.3 is 13.9 Å². The van der Waals surface area contributed by atoms with Crippen LogP contribution in [0.2, 0.25) is 0 Å². The van der Waals surface area contributed by atoms with Crippen LogP contribution in [0.3, 0.4) is 0 Å². The van der Waals surface area contributed by atoms with E-state index < -0.39 is 0 Å². The maximum Gasteiger partial charge on any atom is 0.255 e. The Hall–Kier alpha value is -3.43. The van der Waals surface area contributed by atoms with Crippen LogP contribution in [0.15, 0.2) is 68.5 Å². The summed E-state index contributed by atoms with van der Waals surface area (Å²) in [5.74, 6) is 2.69. The predicted octanol–water partition coefficient (Wildman–Crippen LogP) is 4.59. The number of carbonyl (C=O) groups excluding carboxylic acids is 1. The van der Waals surface area contributed by atoms with Gasteiger partial charge in [-0.25, -0.2) is 0 Å². The Morgan fingerprint density at radius 3 is 2.51 bits per heavy atom. The van der Waals surface area contributed by atoms with Gasteiger partial charge in [-0.1, -0.05) is 46.7 Å². The number of hydrogen-bond acceptors (Lipinski definition) is 8. The lowest BCUT2D eigenvalue weighted by atomic mass is 10.1. The summed E-state index contributed by atoms with van der Waals surface area (Å²) < 4.78 is 10.8. The van der Waals surface area contributed by atoms with Crippen molar-refractivity contribution >= 4 is 17.7 Å². The quantitative estimate of drug-likeness (QED) is 0.348. The molecule has 3 heterocycles. The molecule has 8 nitrogen and oxygen atoms in total. The summed E-state index contributed by atoms with van der Waals surface area (Å²) in [4.78, 5) is 23.0. The molecule has 1 amide bonds.